The number of halogens is 6. The van der Waals surface area contributed by atoms with Gasteiger partial charge in [-0.25, -0.2) is 18.3 Å². The van der Waals surface area contributed by atoms with Gasteiger partial charge in [0.2, 0.25) is 5.78 Å². The first kappa shape index (κ1) is 25.9. The zero-order chi connectivity index (χ0) is 25.4. The summed E-state index contributed by atoms with van der Waals surface area (Å²) < 4.78 is 62.6. The van der Waals surface area contributed by atoms with E-state index in [2.05, 4.69) is 4.98 Å². The van der Waals surface area contributed by atoms with E-state index in [-0.39, 0.29) is 10.6 Å². The first-order valence-corrected chi connectivity index (χ1v) is 11.0. The van der Waals surface area contributed by atoms with Crippen LogP contribution in [0.1, 0.15) is 32.0 Å². The molecule has 0 spiro atoms. The molecular weight excluding hydrogens is 544 g/mol. The summed E-state index contributed by atoms with van der Waals surface area (Å²) in [6.07, 6.45) is -3.86. The van der Waals surface area contributed by atoms with Gasteiger partial charge in [-0.05, 0) is 36.4 Å². The highest BCUT2D eigenvalue weighted by atomic mass is 35.5. The number of rotatable bonds is 6. The molecule has 0 radical (unpaired) electrons. The molecule has 3 aromatic rings. The number of alkyl halides is 3. The van der Waals surface area contributed by atoms with Crippen molar-refractivity contribution in [2.24, 2.45) is 0 Å². The summed E-state index contributed by atoms with van der Waals surface area (Å²) in [6.45, 7) is 0. The molecule has 178 valence electrons. The van der Waals surface area contributed by atoms with Gasteiger partial charge >= 0.3 is 12.1 Å². The van der Waals surface area contributed by atoms with E-state index in [9.17, 15) is 36.6 Å². The van der Waals surface area contributed by atoms with Crippen LogP contribution in [-0.2, 0) is 17.4 Å². The number of anilines is 2. The molecule has 2 aromatic carbocycles. The van der Waals surface area contributed by atoms with Gasteiger partial charge in [0.15, 0.2) is 0 Å². The third-order valence-electron chi connectivity index (χ3n) is 4.39. The molecule has 1 atom stereocenters. The Balaban J connectivity index is 2.24. The molecule has 0 saturated heterocycles. The molecule has 0 aliphatic rings. The molecule has 1 heterocycles. The lowest BCUT2D eigenvalue weighted by molar-refractivity contribution is -0.137. The molecule has 14 heteroatoms. The van der Waals surface area contributed by atoms with Crippen molar-refractivity contribution in [3.63, 3.8) is 0 Å². The van der Waals surface area contributed by atoms with Crippen LogP contribution < -0.4 is 4.31 Å². The van der Waals surface area contributed by atoms with Crippen molar-refractivity contribution in [1.82, 2.24) is 4.98 Å². The second kappa shape index (κ2) is 9.88. The van der Waals surface area contributed by atoms with Crippen molar-refractivity contribution in [2.75, 3.05) is 4.31 Å². The predicted molar refractivity (Wildman–Crippen MR) is 120 cm³/mol. The lowest BCUT2D eigenvalue weighted by Gasteiger charge is -2.23. The molecule has 0 fully saturated rings. The van der Waals surface area contributed by atoms with Gasteiger partial charge in [-0.1, -0.05) is 40.9 Å². The fourth-order valence-corrected chi connectivity index (χ4v) is 4.20. The standard InChI is InChI=1S/C20H10Cl3F3N2O5S/c21-9-6-15(28(34(32)33)10-4-5-14(22)13(7-10)20(24,25)26)17(27-8-9)18(29)11-2-1-3-12(16(11)23)19(30)31/h1-8H,(H,30,31)(H,32,33). The number of hydrogen-bond donors (Lipinski definition) is 2. The SMILES string of the molecule is O=C(O)c1cccc(C(=O)c2ncc(Cl)cc2N(c2ccc(Cl)c(C(F)(F)F)c2)S(=O)O)c1Cl. The Hall–Kier alpha value is -2.70. The van der Waals surface area contributed by atoms with E-state index in [0.29, 0.717) is 10.4 Å². The Bertz CT molecular complexity index is 1340. The number of pyridine rings is 1. The first-order valence-electron chi connectivity index (χ1n) is 8.82. The van der Waals surface area contributed by atoms with Gasteiger partial charge in [-0.2, -0.15) is 13.2 Å². The van der Waals surface area contributed by atoms with Gasteiger partial charge in [0.05, 0.1) is 37.6 Å². The molecule has 0 saturated carbocycles. The minimum atomic E-state index is -4.88. The van der Waals surface area contributed by atoms with E-state index in [4.69, 9.17) is 34.8 Å². The van der Waals surface area contributed by atoms with Crippen LogP contribution in [0.3, 0.4) is 0 Å². The number of ketones is 1. The van der Waals surface area contributed by atoms with Crippen LogP contribution in [0.15, 0.2) is 48.7 Å². The number of aromatic carboxylic acids is 1. The van der Waals surface area contributed by atoms with Crippen molar-refractivity contribution in [3.05, 3.63) is 86.1 Å². The van der Waals surface area contributed by atoms with E-state index >= 15 is 0 Å². The summed E-state index contributed by atoms with van der Waals surface area (Å²) in [6, 6.07) is 7.04. The number of carbonyl (C=O) groups is 2. The van der Waals surface area contributed by atoms with E-state index in [0.717, 1.165) is 30.5 Å². The van der Waals surface area contributed by atoms with Crippen LogP contribution in [0.5, 0.6) is 0 Å². The van der Waals surface area contributed by atoms with Gasteiger partial charge in [-0.15, -0.1) is 0 Å². The van der Waals surface area contributed by atoms with Crippen molar-refractivity contribution in [3.8, 4) is 0 Å². The highest BCUT2D eigenvalue weighted by Crippen LogP contribution is 2.40. The Kier molecular flexibility index (Phi) is 7.53. The van der Waals surface area contributed by atoms with Crippen LogP contribution in [0.2, 0.25) is 15.1 Å². The first-order chi connectivity index (χ1) is 15.8. The molecule has 1 unspecified atom stereocenters. The zero-order valence-electron chi connectivity index (χ0n) is 16.3. The maximum Gasteiger partial charge on any atom is 0.417 e. The highest BCUT2D eigenvalue weighted by Gasteiger charge is 2.35. The molecule has 34 heavy (non-hydrogen) atoms. The molecular formula is C20H10Cl3F3N2O5S. The van der Waals surface area contributed by atoms with E-state index < -0.39 is 67.4 Å². The van der Waals surface area contributed by atoms with Crippen molar-refractivity contribution < 1.29 is 36.6 Å². The quantitative estimate of drug-likeness (QED) is 0.275. The van der Waals surface area contributed by atoms with E-state index in [1.54, 1.807) is 0 Å². The summed E-state index contributed by atoms with van der Waals surface area (Å²) >= 11 is 14.6. The number of carbonyl (C=O) groups excluding carboxylic acids is 1. The minimum absolute atomic E-state index is 0.114. The smallest absolute Gasteiger partial charge is 0.417 e. The molecule has 3 rings (SSSR count). The maximum atomic E-state index is 13.3. The highest BCUT2D eigenvalue weighted by molar-refractivity contribution is 7.81. The number of hydrogen-bond acceptors (Lipinski definition) is 4. The summed E-state index contributed by atoms with van der Waals surface area (Å²) in [5.74, 6) is -2.39. The fourth-order valence-electron chi connectivity index (χ4n) is 2.93. The number of aromatic nitrogens is 1. The molecule has 0 amide bonds. The van der Waals surface area contributed by atoms with Gasteiger partial charge in [-0.3, -0.25) is 9.35 Å². The number of carboxylic acids is 1. The van der Waals surface area contributed by atoms with Crippen LogP contribution in [0.4, 0.5) is 24.5 Å². The number of benzene rings is 2. The predicted octanol–water partition coefficient (Wildman–Crippen LogP) is 6.26. The van der Waals surface area contributed by atoms with Gasteiger partial charge in [0.1, 0.15) is 5.69 Å². The second-order valence-electron chi connectivity index (χ2n) is 6.51. The molecule has 2 N–H and O–H groups in total. The summed E-state index contributed by atoms with van der Waals surface area (Å²) in [5.41, 5.74) is -3.42. The summed E-state index contributed by atoms with van der Waals surface area (Å²) in [4.78, 5) is 28.4. The Morgan fingerprint density at radius 1 is 1.03 bits per heavy atom. The molecule has 1 aromatic heterocycles. The topological polar surface area (TPSA) is 108 Å². The van der Waals surface area contributed by atoms with Crippen LogP contribution in [0, 0.1) is 0 Å². The van der Waals surface area contributed by atoms with Gasteiger partial charge in [0.25, 0.3) is 11.3 Å². The minimum Gasteiger partial charge on any atom is -0.478 e. The average molecular weight is 554 g/mol. The van der Waals surface area contributed by atoms with Crippen molar-refractivity contribution >= 4 is 69.2 Å². The molecule has 0 aliphatic heterocycles. The Morgan fingerprint density at radius 3 is 2.26 bits per heavy atom. The molecule has 7 nitrogen and oxygen atoms in total. The summed E-state index contributed by atoms with van der Waals surface area (Å²) in [7, 11) is 0. The normalized spacial score (nSPS) is 12.3. The largest absolute Gasteiger partial charge is 0.478 e. The molecule has 0 bridgehead atoms. The average Bonchev–Trinajstić information content (AvgIpc) is 2.73. The van der Waals surface area contributed by atoms with E-state index in [1.165, 1.54) is 12.1 Å². The lowest BCUT2D eigenvalue weighted by atomic mass is 10.0. The van der Waals surface area contributed by atoms with Crippen LogP contribution in [0.25, 0.3) is 0 Å². The maximum absolute atomic E-state index is 13.3. The Morgan fingerprint density at radius 2 is 1.68 bits per heavy atom. The van der Waals surface area contributed by atoms with Gasteiger partial charge < -0.3 is 5.11 Å². The Labute approximate surface area is 207 Å². The monoisotopic (exact) mass is 552 g/mol. The zero-order valence-corrected chi connectivity index (χ0v) is 19.4. The third kappa shape index (κ3) is 5.18. The lowest BCUT2D eigenvalue weighted by Crippen LogP contribution is -2.23. The van der Waals surface area contributed by atoms with Crippen LogP contribution >= 0.6 is 34.8 Å². The number of nitrogens with zero attached hydrogens (tertiary/aromatic N) is 2. The summed E-state index contributed by atoms with van der Waals surface area (Å²) in [5, 5.41) is 8.05. The third-order valence-corrected chi connectivity index (χ3v) is 6.05. The number of carboxylic acid groups (broad SMARTS) is 1. The second-order valence-corrected chi connectivity index (χ2v) is 8.56. The van der Waals surface area contributed by atoms with Crippen LogP contribution in [-0.4, -0.2) is 30.6 Å². The molecule has 0 aliphatic carbocycles. The van der Waals surface area contributed by atoms with Gasteiger partial charge in [0, 0.05) is 11.8 Å². The van der Waals surface area contributed by atoms with Crippen molar-refractivity contribution in [1.29, 1.82) is 0 Å². The fraction of sp³-hybridized carbons (Fsp3) is 0.0500. The van der Waals surface area contributed by atoms with Crippen molar-refractivity contribution in [2.45, 2.75) is 6.18 Å². The van der Waals surface area contributed by atoms with E-state index in [1.807, 2.05) is 0 Å².